The molecule has 0 spiro atoms. The van der Waals surface area contributed by atoms with E-state index in [1.807, 2.05) is 6.07 Å². The molecule has 1 fully saturated rings. The molecule has 6 nitrogen and oxygen atoms in total. The van der Waals surface area contributed by atoms with Crippen LogP contribution in [0.1, 0.15) is 19.8 Å². The first-order valence-corrected chi connectivity index (χ1v) is 10.2. The summed E-state index contributed by atoms with van der Waals surface area (Å²) in [4.78, 5) is 23.3. The molecule has 2 aromatic rings. The molecule has 3 rings (SSSR count). The Hall–Kier alpha value is -1.99. The van der Waals surface area contributed by atoms with Crippen molar-refractivity contribution in [1.29, 1.82) is 0 Å². The quantitative estimate of drug-likeness (QED) is 0.575. The van der Waals surface area contributed by atoms with Crippen LogP contribution in [0.3, 0.4) is 0 Å². The van der Waals surface area contributed by atoms with Crippen molar-refractivity contribution < 1.29 is 9.53 Å². The molecule has 1 N–H and O–H groups in total. The summed E-state index contributed by atoms with van der Waals surface area (Å²) >= 11 is 7.38. The number of hydrogen-bond donors (Lipinski definition) is 1. The van der Waals surface area contributed by atoms with Crippen LogP contribution in [-0.4, -0.2) is 41.8 Å². The van der Waals surface area contributed by atoms with Crippen molar-refractivity contribution in [3.63, 3.8) is 0 Å². The molecule has 27 heavy (non-hydrogen) atoms. The number of methoxy groups -OCH3 is 1. The lowest BCUT2D eigenvalue weighted by Gasteiger charge is -2.31. The summed E-state index contributed by atoms with van der Waals surface area (Å²) in [6.45, 7) is 4.29. The molecule has 0 aliphatic carbocycles. The molecule has 1 aromatic heterocycles. The molecule has 1 amide bonds. The second kappa shape index (κ2) is 9.28. The number of nitrogens with one attached hydrogen (secondary N) is 1. The zero-order chi connectivity index (χ0) is 19.2. The average molecular weight is 407 g/mol. The first-order chi connectivity index (χ1) is 13.0. The summed E-state index contributed by atoms with van der Waals surface area (Å²) in [5.74, 6) is 2.26. The summed E-state index contributed by atoms with van der Waals surface area (Å²) in [5.41, 5.74) is 0.557. The SMILES string of the molecule is COc1ccc(Cl)cc1NC(=O)CSc1cc(N2CCC[C@@H](C)C2)ncn1. The summed E-state index contributed by atoms with van der Waals surface area (Å²) in [7, 11) is 1.55. The van der Waals surface area contributed by atoms with Crippen molar-refractivity contribution in [1.82, 2.24) is 9.97 Å². The van der Waals surface area contributed by atoms with Gasteiger partial charge in [0.15, 0.2) is 0 Å². The van der Waals surface area contributed by atoms with Gasteiger partial charge in [0.2, 0.25) is 5.91 Å². The minimum atomic E-state index is -0.146. The molecular weight excluding hydrogens is 384 g/mol. The number of thioether (sulfide) groups is 1. The lowest BCUT2D eigenvalue weighted by Crippen LogP contribution is -2.34. The fourth-order valence-corrected chi connectivity index (χ4v) is 3.92. The van der Waals surface area contributed by atoms with Crippen LogP contribution in [0.15, 0.2) is 35.6 Å². The standard InChI is InChI=1S/C19H23ClN4O2S/c1-13-4-3-7-24(10-13)17-9-19(22-12-21-17)27-11-18(25)23-15-8-14(20)5-6-16(15)26-2/h5-6,8-9,12-13H,3-4,7,10-11H2,1-2H3,(H,23,25)/t13-/m1/s1. The average Bonchev–Trinajstić information content (AvgIpc) is 2.67. The second-order valence-corrected chi connectivity index (χ2v) is 8.02. The van der Waals surface area contributed by atoms with Crippen molar-refractivity contribution >= 4 is 40.8 Å². The Balaban J connectivity index is 1.59. The molecule has 1 atom stereocenters. The number of amides is 1. The predicted octanol–water partition coefficient (Wildman–Crippen LogP) is 4.11. The predicted molar refractivity (Wildman–Crippen MR) is 110 cm³/mol. The largest absolute Gasteiger partial charge is 0.495 e. The van der Waals surface area contributed by atoms with Gasteiger partial charge in [0.25, 0.3) is 0 Å². The van der Waals surface area contributed by atoms with Gasteiger partial charge >= 0.3 is 0 Å². The van der Waals surface area contributed by atoms with E-state index >= 15 is 0 Å². The number of carbonyl (C=O) groups excluding carboxylic acids is 1. The Morgan fingerprint density at radius 2 is 2.26 bits per heavy atom. The van der Waals surface area contributed by atoms with E-state index in [2.05, 4.69) is 27.1 Å². The minimum absolute atomic E-state index is 0.146. The molecule has 1 saturated heterocycles. The number of benzene rings is 1. The Morgan fingerprint density at radius 1 is 1.41 bits per heavy atom. The number of nitrogens with zero attached hydrogens (tertiary/aromatic N) is 3. The first-order valence-electron chi connectivity index (χ1n) is 8.88. The van der Waals surface area contributed by atoms with Gasteiger partial charge in [-0.25, -0.2) is 9.97 Å². The van der Waals surface area contributed by atoms with Crippen molar-refractivity contribution in [2.45, 2.75) is 24.8 Å². The second-order valence-electron chi connectivity index (χ2n) is 6.59. The lowest BCUT2D eigenvalue weighted by molar-refractivity contribution is -0.113. The van der Waals surface area contributed by atoms with Gasteiger partial charge in [0.05, 0.1) is 18.6 Å². The van der Waals surface area contributed by atoms with Crippen LogP contribution >= 0.6 is 23.4 Å². The number of piperidine rings is 1. The molecule has 0 saturated carbocycles. The number of anilines is 2. The Labute approximate surface area is 168 Å². The van der Waals surface area contributed by atoms with Gasteiger partial charge < -0.3 is 15.0 Å². The molecule has 2 heterocycles. The maximum Gasteiger partial charge on any atom is 0.234 e. The minimum Gasteiger partial charge on any atom is -0.495 e. The Morgan fingerprint density at radius 3 is 3.04 bits per heavy atom. The van der Waals surface area contributed by atoms with Crippen LogP contribution in [0.25, 0.3) is 0 Å². The van der Waals surface area contributed by atoms with Gasteiger partial charge in [-0.15, -0.1) is 0 Å². The van der Waals surface area contributed by atoms with E-state index in [0.29, 0.717) is 22.4 Å². The van der Waals surface area contributed by atoms with Crippen molar-refractivity contribution in [2.24, 2.45) is 5.92 Å². The third kappa shape index (κ3) is 5.49. The molecular formula is C19H23ClN4O2S. The third-order valence-electron chi connectivity index (χ3n) is 4.40. The topological polar surface area (TPSA) is 67.3 Å². The Kier molecular flexibility index (Phi) is 6.79. The molecule has 144 valence electrons. The van der Waals surface area contributed by atoms with Gasteiger partial charge in [-0.1, -0.05) is 30.3 Å². The Bertz CT molecular complexity index is 805. The maximum atomic E-state index is 12.3. The van der Waals surface area contributed by atoms with Crippen LogP contribution in [0.4, 0.5) is 11.5 Å². The number of halogens is 1. The zero-order valence-corrected chi connectivity index (χ0v) is 17.0. The summed E-state index contributed by atoms with van der Waals surface area (Å²) in [5, 5.41) is 4.15. The number of aromatic nitrogens is 2. The highest BCUT2D eigenvalue weighted by atomic mass is 35.5. The van der Waals surface area contributed by atoms with Crippen LogP contribution in [0, 0.1) is 5.92 Å². The highest BCUT2D eigenvalue weighted by molar-refractivity contribution is 7.99. The van der Waals surface area contributed by atoms with Gasteiger partial charge in [-0.3, -0.25) is 4.79 Å². The number of rotatable bonds is 6. The maximum absolute atomic E-state index is 12.3. The highest BCUT2D eigenvalue weighted by Crippen LogP contribution is 2.28. The normalized spacial score (nSPS) is 16.9. The van der Waals surface area contributed by atoms with E-state index in [1.165, 1.54) is 24.6 Å². The van der Waals surface area contributed by atoms with E-state index in [9.17, 15) is 4.79 Å². The number of carbonyl (C=O) groups is 1. The van der Waals surface area contributed by atoms with Crippen molar-refractivity contribution in [3.05, 3.63) is 35.6 Å². The van der Waals surface area contributed by atoms with Crippen LogP contribution in [0.5, 0.6) is 5.75 Å². The van der Waals surface area contributed by atoms with E-state index in [0.717, 1.165) is 23.9 Å². The number of ether oxygens (including phenoxy) is 1. The summed E-state index contributed by atoms with van der Waals surface area (Å²) in [6.07, 6.45) is 4.00. The molecule has 1 aromatic carbocycles. The summed E-state index contributed by atoms with van der Waals surface area (Å²) < 4.78 is 5.25. The van der Waals surface area contributed by atoms with E-state index in [4.69, 9.17) is 16.3 Å². The van der Waals surface area contributed by atoms with Gasteiger partial charge in [0, 0.05) is 24.2 Å². The van der Waals surface area contributed by atoms with Crippen molar-refractivity contribution in [3.8, 4) is 5.75 Å². The van der Waals surface area contributed by atoms with Crippen LogP contribution in [0.2, 0.25) is 5.02 Å². The zero-order valence-electron chi connectivity index (χ0n) is 15.4. The van der Waals surface area contributed by atoms with Gasteiger partial charge in [-0.2, -0.15) is 0 Å². The van der Waals surface area contributed by atoms with Crippen molar-refractivity contribution in [2.75, 3.05) is 36.2 Å². The van der Waals surface area contributed by atoms with Crippen LogP contribution < -0.4 is 15.0 Å². The highest BCUT2D eigenvalue weighted by Gasteiger charge is 2.18. The molecule has 1 aliphatic heterocycles. The van der Waals surface area contributed by atoms with E-state index in [1.54, 1.807) is 31.6 Å². The fourth-order valence-electron chi connectivity index (χ4n) is 3.08. The van der Waals surface area contributed by atoms with E-state index < -0.39 is 0 Å². The monoisotopic (exact) mass is 406 g/mol. The third-order valence-corrected chi connectivity index (χ3v) is 5.56. The molecule has 0 bridgehead atoms. The number of hydrogen-bond acceptors (Lipinski definition) is 6. The molecule has 8 heteroatoms. The van der Waals surface area contributed by atoms with Gasteiger partial charge in [0.1, 0.15) is 22.9 Å². The smallest absolute Gasteiger partial charge is 0.234 e. The summed E-state index contributed by atoms with van der Waals surface area (Å²) in [6, 6.07) is 7.06. The molecule has 0 unspecified atom stereocenters. The first kappa shape index (κ1) is 19.8. The fraction of sp³-hybridized carbons (Fsp3) is 0.421. The molecule has 1 aliphatic rings. The lowest BCUT2D eigenvalue weighted by atomic mass is 10.0. The van der Waals surface area contributed by atoms with E-state index in [-0.39, 0.29) is 11.7 Å². The van der Waals surface area contributed by atoms with Crippen LogP contribution in [-0.2, 0) is 4.79 Å². The molecule has 0 radical (unpaired) electrons. The van der Waals surface area contributed by atoms with Gasteiger partial charge in [-0.05, 0) is 37.0 Å².